The van der Waals surface area contributed by atoms with Crippen molar-refractivity contribution in [1.82, 2.24) is 0 Å². The summed E-state index contributed by atoms with van der Waals surface area (Å²) in [6.07, 6.45) is 3.01. The van der Waals surface area contributed by atoms with Crippen molar-refractivity contribution in [3.8, 4) is 0 Å². The molecule has 0 unspecified atom stereocenters. The Morgan fingerprint density at radius 2 is 1.44 bits per heavy atom. The third-order valence-corrected chi connectivity index (χ3v) is 2.16. The maximum atomic E-state index is 3.81. The zero-order valence-electron chi connectivity index (χ0n) is 13.0. The second-order valence-electron chi connectivity index (χ2n) is 2.79. The Labute approximate surface area is 119 Å². The van der Waals surface area contributed by atoms with E-state index in [0.29, 0.717) is 0 Å². The molecule has 0 fully saturated rings. The third-order valence-electron chi connectivity index (χ3n) is 1.22. The first-order valence-corrected chi connectivity index (χ1v) is 7.60. The van der Waals surface area contributed by atoms with Gasteiger partial charge in [0.05, 0.1) is 0 Å². The molecule has 1 heteroatoms. The first-order valence-electron chi connectivity index (χ1n) is 6.78. The van der Waals surface area contributed by atoms with Crippen molar-refractivity contribution in [2.75, 3.05) is 0 Å². The van der Waals surface area contributed by atoms with E-state index in [0.717, 1.165) is 4.91 Å². The highest BCUT2D eigenvalue weighted by Crippen LogP contribution is 2.24. The lowest BCUT2D eigenvalue weighted by Crippen LogP contribution is -1.68. The van der Waals surface area contributed by atoms with Gasteiger partial charge in [0.1, 0.15) is 0 Å². The van der Waals surface area contributed by atoms with E-state index in [2.05, 4.69) is 39.1 Å². The minimum Gasteiger partial charge on any atom is -0.0980 e. The first kappa shape index (κ1) is 22.2. The molecule has 0 aliphatic heterocycles. The maximum Gasteiger partial charge on any atom is 0.0122 e. The van der Waals surface area contributed by atoms with Crippen molar-refractivity contribution >= 4 is 11.8 Å². The van der Waals surface area contributed by atoms with Gasteiger partial charge in [0, 0.05) is 9.80 Å². The topological polar surface area (TPSA) is 0 Å². The van der Waals surface area contributed by atoms with E-state index in [1.54, 1.807) is 17.8 Å². The van der Waals surface area contributed by atoms with Crippen LogP contribution in [0.4, 0.5) is 0 Å². The summed E-state index contributed by atoms with van der Waals surface area (Å²) in [5.41, 5.74) is 0. The van der Waals surface area contributed by atoms with Crippen molar-refractivity contribution in [1.29, 1.82) is 0 Å². The van der Waals surface area contributed by atoms with Crippen LogP contribution in [0.5, 0.6) is 0 Å². The standard InChI is InChI=1S/C10H10S.C3H8.2C2H6/c1-3-9(2)11-10-7-5-4-6-8-10;1-3-2;2*1-2/h3-8H,1-2H2;3H2,1-2H3;2*1-2H3. The third kappa shape index (κ3) is 17.4. The van der Waals surface area contributed by atoms with Gasteiger partial charge in [-0.25, -0.2) is 0 Å². The largest absolute Gasteiger partial charge is 0.0980 e. The molecular formula is C17H30S. The van der Waals surface area contributed by atoms with E-state index in [-0.39, 0.29) is 0 Å². The summed E-state index contributed by atoms with van der Waals surface area (Å²) in [5.74, 6) is 0. The predicted molar refractivity (Wildman–Crippen MR) is 90.3 cm³/mol. The SMILES string of the molecule is C=CC(=C)Sc1ccccc1.CC.CC.CCC. The molecule has 0 nitrogen and oxygen atoms in total. The van der Waals surface area contributed by atoms with Crippen LogP contribution < -0.4 is 0 Å². The molecule has 1 aromatic rings. The molecule has 0 aliphatic carbocycles. The number of rotatable bonds is 3. The average Bonchev–Trinajstić information content (AvgIpc) is 2.45. The monoisotopic (exact) mass is 266 g/mol. The number of thioether (sulfide) groups is 1. The fourth-order valence-corrected chi connectivity index (χ4v) is 1.36. The molecule has 1 rings (SSSR count). The Morgan fingerprint density at radius 1 is 1.06 bits per heavy atom. The maximum absolute atomic E-state index is 3.81. The van der Waals surface area contributed by atoms with Gasteiger partial charge in [0.15, 0.2) is 0 Å². The van der Waals surface area contributed by atoms with Crippen LogP contribution >= 0.6 is 11.8 Å². The van der Waals surface area contributed by atoms with Gasteiger partial charge in [-0.1, -0.05) is 97.2 Å². The number of allylic oxidation sites excluding steroid dienone is 1. The summed E-state index contributed by atoms with van der Waals surface area (Å²) in [6, 6.07) is 10.1. The van der Waals surface area contributed by atoms with Crippen LogP contribution in [0.1, 0.15) is 48.0 Å². The highest BCUT2D eigenvalue weighted by atomic mass is 32.2. The van der Waals surface area contributed by atoms with Crippen LogP contribution in [0, 0.1) is 0 Å². The molecule has 0 bridgehead atoms. The van der Waals surface area contributed by atoms with E-state index in [4.69, 9.17) is 0 Å². The summed E-state index contributed by atoms with van der Waals surface area (Å²) < 4.78 is 0. The molecular weight excluding hydrogens is 236 g/mol. The Bertz CT molecular complexity index is 262. The molecule has 1 aromatic carbocycles. The average molecular weight is 266 g/mol. The Hall–Kier alpha value is -0.950. The van der Waals surface area contributed by atoms with E-state index >= 15 is 0 Å². The summed E-state index contributed by atoms with van der Waals surface area (Å²) >= 11 is 1.63. The summed E-state index contributed by atoms with van der Waals surface area (Å²) in [6.45, 7) is 19.7. The van der Waals surface area contributed by atoms with E-state index in [9.17, 15) is 0 Å². The highest BCUT2D eigenvalue weighted by molar-refractivity contribution is 8.03. The molecule has 0 saturated carbocycles. The lowest BCUT2D eigenvalue weighted by molar-refractivity contribution is 1.09. The lowest BCUT2D eigenvalue weighted by atomic mass is 10.4. The minimum atomic E-state index is 0.983. The highest BCUT2D eigenvalue weighted by Gasteiger charge is 1.91. The smallest absolute Gasteiger partial charge is 0.0122 e. The van der Waals surface area contributed by atoms with E-state index < -0.39 is 0 Å². The van der Waals surface area contributed by atoms with Crippen molar-refractivity contribution in [2.24, 2.45) is 0 Å². The molecule has 0 spiro atoms. The van der Waals surface area contributed by atoms with Crippen LogP contribution in [-0.2, 0) is 0 Å². The number of hydrogen-bond donors (Lipinski definition) is 0. The molecule has 0 atom stereocenters. The Morgan fingerprint density at radius 3 is 1.78 bits per heavy atom. The van der Waals surface area contributed by atoms with Crippen molar-refractivity contribution in [3.63, 3.8) is 0 Å². The summed E-state index contributed by atoms with van der Waals surface area (Å²) in [5, 5.41) is 0. The second kappa shape index (κ2) is 21.3. The summed E-state index contributed by atoms with van der Waals surface area (Å²) in [7, 11) is 0. The van der Waals surface area contributed by atoms with Gasteiger partial charge in [0.25, 0.3) is 0 Å². The second-order valence-corrected chi connectivity index (χ2v) is 3.99. The minimum absolute atomic E-state index is 0.983. The molecule has 0 N–H and O–H groups in total. The number of benzene rings is 1. The van der Waals surface area contributed by atoms with Crippen LogP contribution in [0.15, 0.2) is 59.4 Å². The Kier molecular flexibility index (Phi) is 26.4. The molecule has 0 aromatic heterocycles. The van der Waals surface area contributed by atoms with Crippen LogP contribution in [0.2, 0.25) is 0 Å². The van der Waals surface area contributed by atoms with Crippen LogP contribution in [0.25, 0.3) is 0 Å². The van der Waals surface area contributed by atoms with Gasteiger partial charge < -0.3 is 0 Å². The summed E-state index contributed by atoms with van der Waals surface area (Å²) in [4.78, 5) is 2.19. The molecule has 18 heavy (non-hydrogen) atoms. The van der Waals surface area contributed by atoms with Gasteiger partial charge in [0.2, 0.25) is 0 Å². The zero-order chi connectivity index (χ0) is 14.8. The quantitative estimate of drug-likeness (QED) is 0.421. The molecule has 104 valence electrons. The normalized spacial score (nSPS) is 7.22. The lowest BCUT2D eigenvalue weighted by Gasteiger charge is -1.97. The van der Waals surface area contributed by atoms with E-state index in [1.807, 2.05) is 45.9 Å². The zero-order valence-corrected chi connectivity index (χ0v) is 13.8. The Balaban J connectivity index is -0.000000274. The van der Waals surface area contributed by atoms with Gasteiger partial charge in [-0.3, -0.25) is 0 Å². The van der Waals surface area contributed by atoms with Gasteiger partial charge in [-0.05, 0) is 12.1 Å². The van der Waals surface area contributed by atoms with Gasteiger partial charge in [-0.2, -0.15) is 0 Å². The number of hydrogen-bond acceptors (Lipinski definition) is 1. The van der Waals surface area contributed by atoms with Crippen LogP contribution in [0.3, 0.4) is 0 Å². The molecule has 0 heterocycles. The fraction of sp³-hybridized carbons (Fsp3) is 0.412. The van der Waals surface area contributed by atoms with Crippen molar-refractivity contribution in [3.05, 3.63) is 54.5 Å². The predicted octanol–water partition coefficient (Wildman–Crippen LogP) is 6.95. The molecule has 0 saturated heterocycles. The van der Waals surface area contributed by atoms with Crippen molar-refractivity contribution in [2.45, 2.75) is 52.9 Å². The van der Waals surface area contributed by atoms with Gasteiger partial charge in [-0.15, -0.1) is 0 Å². The first-order chi connectivity index (χ1) is 8.74. The van der Waals surface area contributed by atoms with E-state index in [1.165, 1.54) is 11.3 Å². The molecule has 0 radical (unpaired) electrons. The van der Waals surface area contributed by atoms with Gasteiger partial charge >= 0.3 is 0 Å². The fourth-order valence-electron chi connectivity index (χ4n) is 0.682. The molecule has 0 aliphatic rings. The van der Waals surface area contributed by atoms with Crippen molar-refractivity contribution < 1.29 is 0 Å². The molecule has 0 amide bonds. The van der Waals surface area contributed by atoms with Crippen LogP contribution in [-0.4, -0.2) is 0 Å².